The lowest BCUT2D eigenvalue weighted by Gasteiger charge is -2.49. The van der Waals surface area contributed by atoms with Crippen molar-refractivity contribution in [1.82, 2.24) is 29.8 Å². The summed E-state index contributed by atoms with van der Waals surface area (Å²) in [5.74, 6) is 3.97. The lowest BCUT2D eigenvalue weighted by Crippen LogP contribution is -2.58. The highest BCUT2D eigenvalue weighted by atomic mass is 15.6. The van der Waals surface area contributed by atoms with Crippen molar-refractivity contribution >= 4 is 18.4 Å². The van der Waals surface area contributed by atoms with Gasteiger partial charge in [0.15, 0.2) is 17.5 Å². The second-order valence-corrected chi connectivity index (χ2v) is 11.5. The van der Waals surface area contributed by atoms with E-state index in [9.17, 15) is 0 Å². The molecule has 0 N–H and O–H groups in total. The molecule has 3 aliphatic rings. The van der Waals surface area contributed by atoms with E-state index in [0.29, 0.717) is 17.5 Å². The van der Waals surface area contributed by atoms with Gasteiger partial charge in [0.2, 0.25) is 0 Å². The maximum Gasteiger partial charge on any atom is 0.427 e. The number of para-hydroxylation sites is 1. The molecule has 8 nitrogen and oxygen atoms in total. The third-order valence-corrected chi connectivity index (χ3v) is 8.71. The van der Waals surface area contributed by atoms with Crippen LogP contribution in [0.4, 0.5) is 11.4 Å². The Hall–Kier alpha value is -6.61. The molecule has 0 amide bonds. The van der Waals surface area contributed by atoms with E-state index in [1.807, 2.05) is 30.3 Å². The van der Waals surface area contributed by atoms with Crippen molar-refractivity contribution in [3.8, 4) is 56.4 Å². The molecular weight excluding hydrogens is 591 g/mol. The fraction of sp³-hybridized carbons (Fsp3) is 0. The topological polar surface area (TPSA) is 74.2 Å². The Morgan fingerprint density at radius 2 is 1.15 bits per heavy atom. The minimum atomic E-state index is 0.0444. The number of pyridine rings is 2. The molecule has 6 heterocycles. The second-order valence-electron chi connectivity index (χ2n) is 11.5. The summed E-state index contributed by atoms with van der Waals surface area (Å²) >= 11 is 0. The predicted molar refractivity (Wildman–Crippen MR) is 192 cm³/mol. The molecule has 9 heteroatoms. The van der Waals surface area contributed by atoms with Crippen LogP contribution in [-0.4, -0.2) is 36.8 Å². The summed E-state index contributed by atoms with van der Waals surface area (Å²) in [4.78, 5) is 27.8. The molecule has 0 fully saturated rings. The largest absolute Gasteiger partial charge is 0.427 e. The highest BCUT2D eigenvalue weighted by Gasteiger charge is 2.40. The van der Waals surface area contributed by atoms with Gasteiger partial charge in [-0.15, -0.1) is 0 Å². The quantitative estimate of drug-likeness (QED) is 0.180. The summed E-state index contributed by atoms with van der Waals surface area (Å²) in [5, 5.41) is 2.26. The molecule has 48 heavy (non-hydrogen) atoms. The number of fused-ring (bicyclic) bond motifs is 6. The molecule has 0 aliphatic carbocycles. The monoisotopic (exact) mass is 618 g/mol. The number of benzene rings is 3. The van der Waals surface area contributed by atoms with Crippen molar-refractivity contribution in [1.29, 1.82) is 0 Å². The Bertz CT molecular complexity index is 2210. The van der Waals surface area contributed by atoms with Gasteiger partial charge < -0.3 is 9.73 Å². The maximum atomic E-state index is 4.99. The third-order valence-electron chi connectivity index (χ3n) is 8.71. The van der Waals surface area contributed by atoms with Crippen LogP contribution in [0.5, 0.6) is 0 Å². The van der Waals surface area contributed by atoms with Gasteiger partial charge in [-0.25, -0.2) is 15.0 Å². The van der Waals surface area contributed by atoms with Crippen LogP contribution in [0.15, 0.2) is 165 Å². The number of aromatic nitrogens is 5. The summed E-state index contributed by atoms with van der Waals surface area (Å²) in [5.41, 5.74) is 9.29. The van der Waals surface area contributed by atoms with Crippen LogP contribution < -0.4 is 9.82 Å². The first kappa shape index (κ1) is 27.7. The predicted octanol–water partition coefficient (Wildman–Crippen LogP) is 7.99. The number of anilines is 2. The molecule has 9 rings (SSSR count). The molecule has 0 bridgehead atoms. The van der Waals surface area contributed by atoms with E-state index in [1.165, 1.54) is 0 Å². The van der Waals surface area contributed by atoms with Gasteiger partial charge in [0.25, 0.3) is 0 Å². The van der Waals surface area contributed by atoms with Crippen LogP contribution in [0, 0.1) is 0 Å². The first-order valence-corrected chi connectivity index (χ1v) is 15.8. The lowest BCUT2D eigenvalue weighted by molar-refractivity contribution is 0.567. The zero-order chi connectivity index (χ0) is 31.9. The molecular formula is C39H27BN8. The van der Waals surface area contributed by atoms with Crippen LogP contribution in [0.3, 0.4) is 0 Å². The van der Waals surface area contributed by atoms with Gasteiger partial charge in [-0.1, -0.05) is 66.6 Å². The number of hydrogen-bond acceptors (Lipinski definition) is 8. The number of allylic oxidation sites excluding steroid dienone is 4. The third kappa shape index (κ3) is 4.77. The van der Waals surface area contributed by atoms with Crippen LogP contribution >= 0.6 is 0 Å². The Morgan fingerprint density at radius 3 is 1.88 bits per heavy atom. The van der Waals surface area contributed by atoms with Gasteiger partial charge >= 0.3 is 6.98 Å². The first-order valence-electron chi connectivity index (χ1n) is 15.8. The molecule has 3 aliphatic heterocycles. The minimum Gasteiger partial charge on any atom is -0.365 e. The SMILES string of the molecule is C1=CB2N(C=C1)c1cccc(-c3ccc(-c4nc(-c5ccncc5)nc(-c5ccncc5)n4)cc3-c3ccccc3)c1N1C=CC=CN21. The van der Waals surface area contributed by atoms with Gasteiger partial charge in [-0.2, -0.15) is 0 Å². The molecule has 0 unspecified atom stereocenters. The summed E-state index contributed by atoms with van der Waals surface area (Å²) in [6, 6.07) is 31.2. The number of hydrogen-bond donors (Lipinski definition) is 0. The number of nitrogens with zero attached hydrogens (tertiary/aromatic N) is 8. The molecule has 0 saturated heterocycles. The number of rotatable bonds is 5. The molecule has 0 spiro atoms. The van der Waals surface area contributed by atoms with E-state index in [4.69, 9.17) is 15.0 Å². The highest BCUT2D eigenvalue weighted by Crippen LogP contribution is 2.48. The van der Waals surface area contributed by atoms with Crippen LogP contribution in [0.25, 0.3) is 56.4 Å². The van der Waals surface area contributed by atoms with Crippen molar-refractivity contribution in [3.05, 3.63) is 165 Å². The Morgan fingerprint density at radius 1 is 0.479 bits per heavy atom. The molecule has 226 valence electrons. The van der Waals surface area contributed by atoms with Crippen molar-refractivity contribution in [2.75, 3.05) is 9.82 Å². The van der Waals surface area contributed by atoms with Crippen molar-refractivity contribution < 1.29 is 0 Å². The highest BCUT2D eigenvalue weighted by molar-refractivity contribution is 6.68. The van der Waals surface area contributed by atoms with Crippen LogP contribution in [-0.2, 0) is 0 Å². The van der Waals surface area contributed by atoms with Crippen molar-refractivity contribution in [3.63, 3.8) is 0 Å². The average Bonchev–Trinajstić information content (AvgIpc) is 3.18. The summed E-state index contributed by atoms with van der Waals surface area (Å²) in [7, 11) is 0. The first-order chi connectivity index (χ1) is 23.8. The van der Waals surface area contributed by atoms with Gasteiger partial charge in [0.1, 0.15) is 0 Å². The molecule has 0 radical (unpaired) electrons. The Balaban J connectivity index is 1.25. The van der Waals surface area contributed by atoms with E-state index in [0.717, 1.165) is 50.3 Å². The lowest BCUT2D eigenvalue weighted by atomic mass is 9.69. The average molecular weight is 619 g/mol. The van der Waals surface area contributed by atoms with Gasteiger partial charge in [0, 0.05) is 59.4 Å². The zero-order valence-corrected chi connectivity index (χ0v) is 25.7. The molecule has 3 aromatic carbocycles. The van der Waals surface area contributed by atoms with E-state index >= 15 is 0 Å². The Labute approximate surface area is 278 Å². The van der Waals surface area contributed by atoms with Gasteiger partial charge in [0.05, 0.1) is 11.4 Å². The fourth-order valence-electron chi connectivity index (χ4n) is 6.49. The van der Waals surface area contributed by atoms with E-state index in [1.54, 1.807) is 24.8 Å². The zero-order valence-electron chi connectivity index (χ0n) is 25.7. The van der Waals surface area contributed by atoms with E-state index < -0.39 is 0 Å². The van der Waals surface area contributed by atoms with Crippen LogP contribution in [0.1, 0.15) is 0 Å². The van der Waals surface area contributed by atoms with Crippen molar-refractivity contribution in [2.45, 2.75) is 0 Å². The minimum absolute atomic E-state index is 0.0444. The Kier molecular flexibility index (Phi) is 6.71. The standard InChI is InChI=1S/C39H27BN8/c1-2-9-28(10-3-1)34-27-31(39-44-37(29-15-20-41-21-16-29)43-38(45-39)30-17-22-42-23-18-30)13-14-32(34)33-11-8-12-35-36(33)47-25-6-7-26-48(47)40-19-4-5-24-46(35)40/h1-27H. The smallest absolute Gasteiger partial charge is 0.365 e. The fourth-order valence-corrected chi connectivity index (χ4v) is 6.49. The molecule has 0 atom stereocenters. The van der Waals surface area contributed by atoms with Crippen LogP contribution in [0.2, 0.25) is 0 Å². The van der Waals surface area contributed by atoms with E-state index in [2.05, 4.69) is 134 Å². The van der Waals surface area contributed by atoms with Crippen molar-refractivity contribution in [2.24, 2.45) is 0 Å². The van der Waals surface area contributed by atoms with E-state index in [-0.39, 0.29) is 6.98 Å². The number of hydrazine groups is 1. The normalized spacial score (nSPS) is 14.2. The second kappa shape index (κ2) is 11.6. The molecule has 3 aromatic heterocycles. The summed E-state index contributed by atoms with van der Waals surface area (Å²) in [6.45, 7) is 0.0444. The van der Waals surface area contributed by atoms with Gasteiger partial charge in [-0.3, -0.25) is 15.0 Å². The van der Waals surface area contributed by atoms with Gasteiger partial charge in [-0.05, 0) is 77.5 Å². The summed E-state index contributed by atoms with van der Waals surface area (Å²) < 4.78 is 0. The molecule has 6 aromatic rings. The maximum absolute atomic E-state index is 4.99. The summed E-state index contributed by atoms with van der Waals surface area (Å²) in [6.07, 6.45) is 21.8. The molecule has 0 saturated carbocycles.